The van der Waals surface area contributed by atoms with E-state index in [1.54, 1.807) is 11.1 Å². The first-order chi connectivity index (χ1) is 11.8. The van der Waals surface area contributed by atoms with Crippen molar-refractivity contribution in [3.05, 3.63) is 70.4 Å². The van der Waals surface area contributed by atoms with Crippen molar-refractivity contribution >= 4 is 23.3 Å². The Hall–Kier alpha value is -1.77. The number of nitrogens with two attached hydrogens (primary N) is 1. The second-order valence-corrected chi connectivity index (χ2v) is 7.64. The molecule has 0 saturated carbocycles. The smallest absolute Gasteiger partial charge is 0.0459 e. The monoisotopic (exact) mass is 352 g/mol. The van der Waals surface area contributed by atoms with Crippen LogP contribution in [0.1, 0.15) is 46.8 Å². The molecule has 0 aliphatic heterocycles. The van der Waals surface area contributed by atoms with Gasteiger partial charge in [-0.25, -0.2) is 0 Å². The van der Waals surface area contributed by atoms with E-state index in [1.807, 2.05) is 0 Å². The van der Waals surface area contributed by atoms with Gasteiger partial charge in [0.05, 0.1) is 0 Å². The van der Waals surface area contributed by atoms with E-state index in [2.05, 4.69) is 47.4 Å². The quantitative estimate of drug-likeness (QED) is 0.677. The fourth-order valence-electron chi connectivity index (χ4n) is 4.80. The van der Waals surface area contributed by atoms with E-state index in [4.69, 9.17) is 5.73 Å². The average molecular weight is 353 g/mol. The van der Waals surface area contributed by atoms with E-state index >= 15 is 0 Å². The lowest BCUT2D eigenvalue weighted by Gasteiger charge is -2.18. The van der Waals surface area contributed by atoms with Gasteiger partial charge in [-0.1, -0.05) is 30.3 Å². The molecule has 130 valence electrons. The summed E-state index contributed by atoms with van der Waals surface area (Å²) in [5, 5.41) is 1.41. The van der Waals surface area contributed by atoms with Crippen molar-refractivity contribution in [1.82, 2.24) is 4.98 Å². The predicted octanol–water partition coefficient (Wildman–Crippen LogP) is 4.88. The van der Waals surface area contributed by atoms with Gasteiger partial charge in [0.2, 0.25) is 0 Å². The fourth-order valence-corrected chi connectivity index (χ4v) is 4.80. The van der Waals surface area contributed by atoms with E-state index in [-0.39, 0.29) is 18.4 Å². The molecule has 3 heteroatoms. The number of halogens is 1. The maximum atomic E-state index is 6.30. The highest BCUT2D eigenvalue weighted by molar-refractivity contribution is 5.86. The second-order valence-electron chi connectivity index (χ2n) is 7.64. The van der Waals surface area contributed by atoms with Crippen molar-refractivity contribution in [1.29, 1.82) is 0 Å². The summed E-state index contributed by atoms with van der Waals surface area (Å²) in [5.74, 6) is 0.747. The maximum absolute atomic E-state index is 6.30. The molecule has 0 bridgehead atoms. The van der Waals surface area contributed by atoms with E-state index < -0.39 is 0 Å². The normalized spacial score (nSPS) is 19.5. The van der Waals surface area contributed by atoms with Crippen LogP contribution in [0.3, 0.4) is 0 Å². The zero-order chi connectivity index (χ0) is 16.1. The van der Waals surface area contributed by atoms with Gasteiger partial charge in [-0.3, -0.25) is 0 Å². The van der Waals surface area contributed by atoms with Gasteiger partial charge in [0.25, 0.3) is 0 Å². The number of H-pyrrole nitrogens is 1. The molecule has 3 N–H and O–H groups in total. The molecule has 25 heavy (non-hydrogen) atoms. The first-order valence-corrected chi connectivity index (χ1v) is 9.23. The number of aromatic nitrogens is 1. The fraction of sp³-hybridized carbons (Fsp3) is 0.364. The maximum Gasteiger partial charge on any atom is 0.0459 e. The molecule has 2 nitrogen and oxygen atoms in total. The molecule has 1 atom stereocenters. The number of aromatic amines is 1. The minimum absolute atomic E-state index is 0. The molecule has 3 aromatic rings. The number of benzene rings is 2. The lowest BCUT2D eigenvalue weighted by Crippen LogP contribution is -2.16. The summed E-state index contributed by atoms with van der Waals surface area (Å²) in [6, 6.07) is 16.1. The number of aryl methyl sites for hydroxylation is 1. The minimum atomic E-state index is 0. The summed E-state index contributed by atoms with van der Waals surface area (Å²) in [6.07, 6.45) is 7.11. The molecule has 0 radical (unpaired) electrons. The van der Waals surface area contributed by atoms with Crippen molar-refractivity contribution in [2.24, 2.45) is 11.7 Å². The lowest BCUT2D eigenvalue weighted by atomic mass is 9.91. The van der Waals surface area contributed by atoms with Crippen LogP contribution in [0.15, 0.2) is 42.5 Å². The molecule has 1 heterocycles. The molecule has 0 spiro atoms. The van der Waals surface area contributed by atoms with Crippen LogP contribution in [0.5, 0.6) is 0 Å². The third kappa shape index (κ3) is 2.88. The number of nitrogens with one attached hydrogen (secondary N) is 1. The molecule has 1 aromatic heterocycles. The van der Waals surface area contributed by atoms with Crippen LogP contribution < -0.4 is 5.73 Å². The lowest BCUT2D eigenvalue weighted by molar-refractivity contribution is 0.559. The van der Waals surface area contributed by atoms with Crippen molar-refractivity contribution in [2.75, 3.05) is 0 Å². The molecule has 0 amide bonds. The molecule has 5 rings (SSSR count). The molecular formula is C22H25ClN2. The highest BCUT2D eigenvalue weighted by Gasteiger charge is 2.23. The Labute approximate surface area is 155 Å². The first-order valence-electron chi connectivity index (χ1n) is 9.23. The van der Waals surface area contributed by atoms with Crippen molar-refractivity contribution < 1.29 is 0 Å². The van der Waals surface area contributed by atoms with Crippen molar-refractivity contribution in [2.45, 2.75) is 44.6 Å². The van der Waals surface area contributed by atoms with Crippen molar-refractivity contribution in [3.8, 4) is 0 Å². The number of rotatable bonds is 2. The zero-order valence-corrected chi connectivity index (χ0v) is 15.2. The second kappa shape index (κ2) is 6.51. The third-order valence-corrected chi connectivity index (χ3v) is 5.98. The van der Waals surface area contributed by atoms with Crippen LogP contribution in [-0.4, -0.2) is 4.98 Å². The average Bonchev–Trinajstić information content (AvgIpc) is 3.16. The van der Waals surface area contributed by atoms with E-state index in [1.165, 1.54) is 59.8 Å². The van der Waals surface area contributed by atoms with Gasteiger partial charge in [-0.05, 0) is 78.8 Å². The van der Waals surface area contributed by atoms with Crippen LogP contribution in [0, 0.1) is 5.92 Å². The number of hydrogen-bond acceptors (Lipinski definition) is 1. The zero-order valence-electron chi connectivity index (χ0n) is 14.4. The van der Waals surface area contributed by atoms with Crippen LogP contribution in [0.4, 0.5) is 0 Å². The first kappa shape index (κ1) is 16.7. The summed E-state index contributed by atoms with van der Waals surface area (Å²) in [6.45, 7) is 0. The molecule has 2 aliphatic rings. The molecular weight excluding hydrogens is 328 g/mol. The standard InChI is InChI=1S/C22H24N2.ClH/c23-20-7-3-6-18-19-13-14(8-9-21(19)24-22(18)20)10-15-11-16-4-1-2-5-17(16)12-15;/h1-2,4-5,8-9,13,15,20,24H,3,6-7,10-12,23H2;1H. The molecule has 2 aliphatic carbocycles. The number of hydrogen-bond donors (Lipinski definition) is 2. The summed E-state index contributed by atoms with van der Waals surface area (Å²) < 4.78 is 0. The van der Waals surface area contributed by atoms with Crippen LogP contribution in [-0.2, 0) is 25.7 Å². The molecule has 2 aromatic carbocycles. The largest absolute Gasteiger partial charge is 0.357 e. The predicted molar refractivity (Wildman–Crippen MR) is 106 cm³/mol. The van der Waals surface area contributed by atoms with E-state index in [0.717, 1.165) is 12.3 Å². The van der Waals surface area contributed by atoms with Gasteiger partial charge < -0.3 is 10.7 Å². The topological polar surface area (TPSA) is 41.8 Å². The van der Waals surface area contributed by atoms with E-state index in [0.29, 0.717) is 0 Å². The molecule has 0 saturated heterocycles. The summed E-state index contributed by atoms with van der Waals surface area (Å²) >= 11 is 0. The SMILES string of the molecule is Cl.NC1CCCc2c1[nH]c1ccc(CC3Cc4ccccc4C3)cc21. The Morgan fingerprint density at radius 2 is 1.80 bits per heavy atom. The highest BCUT2D eigenvalue weighted by Crippen LogP contribution is 2.35. The van der Waals surface area contributed by atoms with Crippen molar-refractivity contribution in [3.63, 3.8) is 0 Å². The van der Waals surface area contributed by atoms with Crippen LogP contribution in [0.25, 0.3) is 10.9 Å². The minimum Gasteiger partial charge on any atom is -0.357 e. The Bertz CT molecular complexity index is 887. The van der Waals surface area contributed by atoms with Gasteiger partial charge in [0.1, 0.15) is 0 Å². The Balaban J connectivity index is 0.00000157. The van der Waals surface area contributed by atoms with E-state index in [9.17, 15) is 0 Å². The van der Waals surface area contributed by atoms with Crippen LogP contribution >= 0.6 is 12.4 Å². The third-order valence-electron chi connectivity index (χ3n) is 5.98. The summed E-state index contributed by atoms with van der Waals surface area (Å²) in [7, 11) is 0. The van der Waals surface area contributed by atoms with Gasteiger partial charge in [-0.15, -0.1) is 12.4 Å². The molecule has 1 unspecified atom stereocenters. The van der Waals surface area contributed by atoms with Gasteiger partial charge >= 0.3 is 0 Å². The molecule has 0 fully saturated rings. The number of fused-ring (bicyclic) bond motifs is 4. The van der Waals surface area contributed by atoms with Gasteiger partial charge in [0.15, 0.2) is 0 Å². The van der Waals surface area contributed by atoms with Crippen LogP contribution in [0.2, 0.25) is 0 Å². The summed E-state index contributed by atoms with van der Waals surface area (Å²) in [4.78, 5) is 3.58. The Kier molecular flexibility index (Phi) is 4.35. The van der Waals surface area contributed by atoms with Gasteiger partial charge in [-0.2, -0.15) is 0 Å². The summed E-state index contributed by atoms with van der Waals surface area (Å²) in [5.41, 5.74) is 14.9. The Morgan fingerprint density at radius 3 is 2.56 bits per heavy atom. The Morgan fingerprint density at radius 1 is 1.04 bits per heavy atom. The van der Waals surface area contributed by atoms with Gasteiger partial charge in [0, 0.05) is 22.6 Å². The highest BCUT2D eigenvalue weighted by atomic mass is 35.5.